The van der Waals surface area contributed by atoms with E-state index in [9.17, 15) is 0 Å². The number of amidine groups is 1. The first-order chi connectivity index (χ1) is 6.54. The molecule has 0 saturated heterocycles. The number of allylic oxidation sites excluding steroid dienone is 1. The fourth-order valence-electron chi connectivity index (χ4n) is 1.12. The maximum atomic E-state index is 4.56. The first-order valence-corrected chi connectivity index (χ1v) is 6.91. The quantitative estimate of drug-likeness (QED) is 0.765. The third kappa shape index (κ3) is 3.05. The number of rotatable bonds is 2. The molecule has 0 bridgehead atoms. The summed E-state index contributed by atoms with van der Waals surface area (Å²) in [5, 5.41) is 6.68. The van der Waals surface area contributed by atoms with Gasteiger partial charge in [-0.25, -0.2) is 4.99 Å². The van der Waals surface area contributed by atoms with E-state index in [1.54, 1.807) is 11.8 Å². The van der Waals surface area contributed by atoms with Gasteiger partial charge in [0.25, 0.3) is 0 Å². The highest BCUT2D eigenvalue weighted by molar-refractivity contribution is 14.1. The molecule has 1 unspecified atom stereocenters. The van der Waals surface area contributed by atoms with Gasteiger partial charge in [-0.2, -0.15) is 0 Å². The maximum absolute atomic E-state index is 4.56. The number of nitrogens with zero attached hydrogens (tertiary/aromatic N) is 1. The number of halogens is 1. The molecule has 0 aliphatic carbocycles. The normalized spacial score (nSPS) is 22.1. The summed E-state index contributed by atoms with van der Waals surface area (Å²) in [6.07, 6.45) is 2.06. The average Bonchev–Trinajstić information content (AvgIpc) is 2.11. The first kappa shape index (κ1) is 12.2. The van der Waals surface area contributed by atoms with Crippen molar-refractivity contribution in [1.29, 1.82) is 0 Å². The van der Waals surface area contributed by atoms with Crippen molar-refractivity contribution < 1.29 is 0 Å². The highest BCUT2D eigenvalue weighted by Gasteiger charge is 2.18. The van der Waals surface area contributed by atoms with Crippen LogP contribution in [0.1, 0.15) is 20.8 Å². The summed E-state index contributed by atoms with van der Waals surface area (Å²) >= 11 is 4.03. The Balaban J connectivity index is 2.82. The second-order valence-corrected chi connectivity index (χ2v) is 5.44. The van der Waals surface area contributed by atoms with Crippen LogP contribution in [0.5, 0.6) is 0 Å². The van der Waals surface area contributed by atoms with Crippen molar-refractivity contribution in [2.45, 2.75) is 32.3 Å². The molecule has 0 aromatic heterocycles. The van der Waals surface area contributed by atoms with Crippen LogP contribution >= 0.6 is 34.4 Å². The Labute approximate surface area is 103 Å². The smallest absolute Gasteiger partial charge is 0.168 e. The van der Waals surface area contributed by atoms with E-state index in [0.29, 0.717) is 6.04 Å². The van der Waals surface area contributed by atoms with Gasteiger partial charge in [-0.15, -0.1) is 11.8 Å². The highest BCUT2D eigenvalue weighted by atomic mass is 127. The van der Waals surface area contributed by atoms with Gasteiger partial charge in [0.15, 0.2) is 5.50 Å². The number of aliphatic imine (C=N–C) groups is 1. The van der Waals surface area contributed by atoms with Gasteiger partial charge in [0.1, 0.15) is 5.84 Å². The summed E-state index contributed by atoms with van der Waals surface area (Å²) in [5.74, 6) is 1.01. The van der Waals surface area contributed by atoms with Crippen molar-refractivity contribution >= 4 is 40.2 Å². The summed E-state index contributed by atoms with van der Waals surface area (Å²) in [6.45, 7) is 6.33. The van der Waals surface area contributed by atoms with Gasteiger partial charge in [0.2, 0.25) is 0 Å². The molecule has 1 atom stereocenters. The lowest BCUT2D eigenvalue weighted by atomic mass is 10.3. The highest BCUT2D eigenvalue weighted by Crippen LogP contribution is 2.21. The average molecular weight is 325 g/mol. The molecule has 14 heavy (non-hydrogen) atoms. The van der Waals surface area contributed by atoms with Gasteiger partial charge >= 0.3 is 0 Å². The summed E-state index contributed by atoms with van der Waals surface area (Å²) < 4.78 is 1.18. The van der Waals surface area contributed by atoms with Crippen molar-refractivity contribution in [2.75, 3.05) is 6.26 Å². The molecule has 0 amide bonds. The van der Waals surface area contributed by atoms with Crippen LogP contribution in [0.4, 0.5) is 0 Å². The standard InChI is InChI=1S/C9H16IN3S/c1-5(2)11-8-7(10)6(3)12-9(13-8)14-4/h5,9,12H,1-4H3,(H,11,13). The van der Waals surface area contributed by atoms with Crippen LogP contribution in [0.2, 0.25) is 0 Å². The van der Waals surface area contributed by atoms with Crippen molar-refractivity contribution in [1.82, 2.24) is 10.6 Å². The molecule has 0 aromatic rings. The Morgan fingerprint density at radius 2 is 2.21 bits per heavy atom. The van der Waals surface area contributed by atoms with E-state index in [1.165, 1.54) is 9.28 Å². The lowest BCUT2D eigenvalue weighted by molar-refractivity contribution is 0.702. The maximum Gasteiger partial charge on any atom is 0.168 e. The van der Waals surface area contributed by atoms with Crippen molar-refractivity contribution in [3.05, 3.63) is 9.28 Å². The van der Waals surface area contributed by atoms with Crippen molar-refractivity contribution in [3.63, 3.8) is 0 Å². The van der Waals surface area contributed by atoms with Crippen LogP contribution in [0.3, 0.4) is 0 Å². The molecule has 0 fully saturated rings. The number of nitrogens with one attached hydrogen (secondary N) is 2. The van der Waals surface area contributed by atoms with Gasteiger partial charge in [0.05, 0.1) is 3.58 Å². The van der Waals surface area contributed by atoms with E-state index in [-0.39, 0.29) is 5.50 Å². The first-order valence-electron chi connectivity index (χ1n) is 4.55. The van der Waals surface area contributed by atoms with Crippen LogP contribution in [0, 0.1) is 0 Å². The van der Waals surface area contributed by atoms with E-state index >= 15 is 0 Å². The molecular formula is C9H16IN3S. The van der Waals surface area contributed by atoms with Crippen LogP contribution in [0.25, 0.3) is 0 Å². The van der Waals surface area contributed by atoms with Gasteiger partial charge in [-0.1, -0.05) is 0 Å². The molecule has 1 aliphatic heterocycles. The molecule has 0 spiro atoms. The molecule has 1 rings (SSSR count). The lowest BCUT2D eigenvalue weighted by Crippen LogP contribution is -2.38. The lowest BCUT2D eigenvalue weighted by Gasteiger charge is -2.24. The van der Waals surface area contributed by atoms with Gasteiger partial charge in [-0.3, -0.25) is 0 Å². The molecular weight excluding hydrogens is 309 g/mol. The predicted molar refractivity (Wildman–Crippen MR) is 72.9 cm³/mol. The largest absolute Gasteiger partial charge is 0.367 e. The molecule has 0 aromatic carbocycles. The molecule has 1 aliphatic rings. The number of hydrogen-bond donors (Lipinski definition) is 2. The van der Waals surface area contributed by atoms with E-state index in [1.807, 2.05) is 0 Å². The van der Waals surface area contributed by atoms with Crippen LogP contribution in [-0.2, 0) is 0 Å². The minimum absolute atomic E-state index is 0.148. The van der Waals surface area contributed by atoms with Gasteiger partial charge < -0.3 is 10.6 Å². The molecule has 1 heterocycles. The molecule has 3 nitrogen and oxygen atoms in total. The molecule has 5 heteroatoms. The minimum Gasteiger partial charge on any atom is -0.367 e. The zero-order valence-electron chi connectivity index (χ0n) is 8.89. The predicted octanol–water partition coefficient (Wildman–Crippen LogP) is 2.30. The Morgan fingerprint density at radius 3 is 2.71 bits per heavy atom. The molecule has 80 valence electrons. The zero-order valence-corrected chi connectivity index (χ0v) is 11.9. The Morgan fingerprint density at radius 1 is 1.57 bits per heavy atom. The minimum atomic E-state index is 0.148. The third-order valence-electron chi connectivity index (χ3n) is 1.77. The topological polar surface area (TPSA) is 36.4 Å². The monoisotopic (exact) mass is 325 g/mol. The number of hydrogen-bond acceptors (Lipinski definition) is 4. The summed E-state index contributed by atoms with van der Waals surface area (Å²) in [6, 6.07) is 0.423. The van der Waals surface area contributed by atoms with E-state index in [4.69, 9.17) is 0 Å². The summed E-state index contributed by atoms with van der Waals surface area (Å²) in [4.78, 5) is 4.56. The molecule has 2 N–H and O–H groups in total. The van der Waals surface area contributed by atoms with E-state index in [2.05, 4.69) is 65.2 Å². The Bertz CT molecular complexity index is 273. The zero-order chi connectivity index (χ0) is 10.7. The fourth-order valence-corrected chi connectivity index (χ4v) is 2.07. The van der Waals surface area contributed by atoms with Crippen LogP contribution < -0.4 is 10.6 Å². The third-order valence-corrected chi connectivity index (χ3v) is 3.76. The van der Waals surface area contributed by atoms with Crippen LogP contribution in [0.15, 0.2) is 14.3 Å². The molecule has 0 saturated carbocycles. The van der Waals surface area contributed by atoms with Crippen LogP contribution in [-0.4, -0.2) is 23.6 Å². The number of thioether (sulfide) groups is 1. The molecule has 0 radical (unpaired) electrons. The van der Waals surface area contributed by atoms with Gasteiger partial charge in [0, 0.05) is 11.7 Å². The Kier molecular flexibility index (Phi) is 4.56. The summed E-state index contributed by atoms with van der Waals surface area (Å²) in [5.41, 5.74) is 1.35. The second-order valence-electron chi connectivity index (χ2n) is 3.45. The summed E-state index contributed by atoms with van der Waals surface area (Å²) in [7, 11) is 0. The van der Waals surface area contributed by atoms with Crippen molar-refractivity contribution in [3.8, 4) is 0 Å². The van der Waals surface area contributed by atoms with E-state index < -0.39 is 0 Å². The second kappa shape index (κ2) is 5.25. The Hall–Kier alpha value is 0.0900. The van der Waals surface area contributed by atoms with Crippen molar-refractivity contribution in [2.24, 2.45) is 4.99 Å². The van der Waals surface area contributed by atoms with E-state index in [0.717, 1.165) is 5.84 Å². The fraction of sp³-hybridized carbons (Fsp3) is 0.667. The van der Waals surface area contributed by atoms with Gasteiger partial charge in [-0.05, 0) is 49.6 Å². The SMILES string of the molecule is CSC1N=C(NC(C)C)C(I)=C(C)N1.